The summed E-state index contributed by atoms with van der Waals surface area (Å²) in [5.74, 6) is -0.00328. The third kappa shape index (κ3) is 4.87. The van der Waals surface area contributed by atoms with Crippen molar-refractivity contribution in [3.8, 4) is 0 Å². The number of aliphatic hydroxyl groups is 1. The molecule has 0 spiro atoms. The number of hydrogen-bond donors (Lipinski definition) is 2. The highest BCUT2D eigenvalue weighted by molar-refractivity contribution is 5.81. The third-order valence-electron chi connectivity index (χ3n) is 2.73. The molecule has 19 heavy (non-hydrogen) atoms. The number of carbonyl (C=O) groups excluding carboxylic acids is 1. The molecule has 0 unspecified atom stereocenters. The average molecular weight is 265 g/mol. The molecular formula is C14H23N3O2. The monoisotopic (exact) mass is 265 g/mol. The lowest BCUT2D eigenvalue weighted by molar-refractivity contribution is -0.120. The number of nitrogens with one attached hydrogen (secondary N) is 1. The maximum absolute atomic E-state index is 11.8. The smallest absolute Gasteiger partial charge is 0.239 e. The molecular weight excluding hydrogens is 242 g/mol. The summed E-state index contributed by atoms with van der Waals surface area (Å²) in [6, 6.07) is 3.80. The molecule has 0 fully saturated rings. The Kier molecular flexibility index (Phi) is 5.76. The lowest BCUT2D eigenvalue weighted by Crippen LogP contribution is -2.40. The van der Waals surface area contributed by atoms with Crippen LogP contribution >= 0.6 is 0 Å². The van der Waals surface area contributed by atoms with Crippen molar-refractivity contribution in [1.29, 1.82) is 0 Å². The van der Waals surface area contributed by atoms with E-state index in [1.165, 1.54) is 0 Å². The molecule has 5 nitrogen and oxygen atoms in total. The van der Waals surface area contributed by atoms with Crippen LogP contribution in [0.5, 0.6) is 0 Å². The minimum absolute atomic E-state index is 0.00328. The number of anilines is 1. The molecule has 2 N–H and O–H groups in total. The van der Waals surface area contributed by atoms with E-state index in [9.17, 15) is 9.90 Å². The van der Waals surface area contributed by atoms with Gasteiger partial charge in [-0.25, -0.2) is 0 Å². The molecule has 0 saturated heterocycles. The van der Waals surface area contributed by atoms with Gasteiger partial charge in [0.25, 0.3) is 0 Å². The first-order valence-corrected chi connectivity index (χ1v) is 6.62. The van der Waals surface area contributed by atoms with Crippen molar-refractivity contribution in [1.82, 2.24) is 10.3 Å². The summed E-state index contributed by atoms with van der Waals surface area (Å²) in [5.41, 5.74) is 1.51. The van der Waals surface area contributed by atoms with Gasteiger partial charge in [0.1, 0.15) is 0 Å². The van der Waals surface area contributed by atoms with Crippen molar-refractivity contribution in [2.75, 3.05) is 18.0 Å². The first kappa shape index (κ1) is 15.4. The van der Waals surface area contributed by atoms with Crippen molar-refractivity contribution >= 4 is 11.6 Å². The van der Waals surface area contributed by atoms with Crippen LogP contribution < -0.4 is 10.2 Å². The Morgan fingerprint density at radius 2 is 2.11 bits per heavy atom. The van der Waals surface area contributed by atoms with Crippen LogP contribution in [0, 0.1) is 0 Å². The zero-order valence-corrected chi connectivity index (χ0v) is 12.1. The molecule has 1 heterocycles. The Bertz CT molecular complexity index is 402. The molecule has 0 saturated carbocycles. The molecule has 1 atom stereocenters. The van der Waals surface area contributed by atoms with Gasteiger partial charge in [-0.1, -0.05) is 0 Å². The molecule has 1 amide bonds. The second-order valence-electron chi connectivity index (χ2n) is 4.85. The van der Waals surface area contributed by atoms with Gasteiger partial charge < -0.3 is 15.3 Å². The highest BCUT2D eigenvalue weighted by Gasteiger charge is 2.11. The zero-order chi connectivity index (χ0) is 14.4. The van der Waals surface area contributed by atoms with Gasteiger partial charge in [0.15, 0.2) is 0 Å². The lowest BCUT2D eigenvalue weighted by atomic mass is 10.2. The summed E-state index contributed by atoms with van der Waals surface area (Å²) >= 11 is 0. The van der Waals surface area contributed by atoms with Gasteiger partial charge in [-0.3, -0.25) is 9.78 Å². The number of pyridine rings is 1. The Morgan fingerprint density at radius 1 is 1.42 bits per heavy atom. The summed E-state index contributed by atoms with van der Waals surface area (Å²) in [6.07, 6.45) is 1.11. The van der Waals surface area contributed by atoms with Gasteiger partial charge in [0.2, 0.25) is 5.91 Å². The van der Waals surface area contributed by atoms with Crippen LogP contribution in [0.15, 0.2) is 18.3 Å². The highest BCUT2D eigenvalue weighted by Crippen LogP contribution is 2.15. The number of rotatable bonds is 6. The molecule has 0 bridgehead atoms. The fourth-order valence-corrected chi connectivity index (χ4v) is 1.76. The molecule has 1 aromatic heterocycles. The molecule has 0 radical (unpaired) electrons. The van der Waals surface area contributed by atoms with Gasteiger partial charge in [-0.2, -0.15) is 0 Å². The molecule has 106 valence electrons. The molecule has 0 aliphatic carbocycles. The average Bonchev–Trinajstić information content (AvgIpc) is 2.35. The maximum atomic E-state index is 11.8. The second-order valence-corrected chi connectivity index (χ2v) is 4.85. The molecule has 1 rings (SSSR count). The predicted octanol–water partition coefficient (Wildman–Crippen LogP) is 1.49. The van der Waals surface area contributed by atoms with Gasteiger partial charge in [0, 0.05) is 12.6 Å². The van der Waals surface area contributed by atoms with Gasteiger partial charge >= 0.3 is 0 Å². The summed E-state index contributed by atoms with van der Waals surface area (Å²) in [5, 5.41) is 12.3. The standard InChI is InChI=1S/C14H23N3O2/c1-5-17(9-14(19)16-10(2)3)12-6-7-13(11(4)18)15-8-12/h6-8,10-11,18H,5,9H2,1-4H3,(H,16,19)/t11-/m0/s1. The van der Waals surface area contributed by atoms with E-state index in [2.05, 4.69) is 10.3 Å². The Balaban J connectivity index is 2.71. The predicted molar refractivity (Wildman–Crippen MR) is 76.0 cm³/mol. The second kappa shape index (κ2) is 7.09. The largest absolute Gasteiger partial charge is 0.387 e. The van der Waals surface area contributed by atoms with E-state index in [4.69, 9.17) is 0 Å². The van der Waals surface area contributed by atoms with Crippen molar-refractivity contribution in [2.45, 2.75) is 39.8 Å². The summed E-state index contributed by atoms with van der Waals surface area (Å²) in [4.78, 5) is 17.9. The Morgan fingerprint density at radius 3 is 2.53 bits per heavy atom. The van der Waals surface area contributed by atoms with E-state index in [0.717, 1.165) is 12.2 Å². The van der Waals surface area contributed by atoms with Crippen molar-refractivity contribution in [3.63, 3.8) is 0 Å². The summed E-state index contributed by atoms with van der Waals surface area (Å²) in [6.45, 7) is 8.58. The number of carbonyl (C=O) groups is 1. The van der Waals surface area contributed by atoms with Crippen LogP contribution in [0.1, 0.15) is 39.5 Å². The van der Waals surface area contributed by atoms with Crippen LogP contribution in [0.2, 0.25) is 0 Å². The van der Waals surface area contributed by atoms with Crippen LogP contribution in [0.3, 0.4) is 0 Å². The number of aliphatic hydroxyl groups excluding tert-OH is 1. The number of nitrogens with zero attached hydrogens (tertiary/aromatic N) is 2. The van der Waals surface area contributed by atoms with Crippen molar-refractivity contribution < 1.29 is 9.90 Å². The third-order valence-corrected chi connectivity index (χ3v) is 2.73. The SMILES string of the molecule is CCN(CC(=O)NC(C)C)c1ccc([C@H](C)O)nc1. The van der Waals surface area contributed by atoms with Gasteiger partial charge in [0.05, 0.1) is 30.2 Å². The van der Waals surface area contributed by atoms with Gasteiger partial charge in [-0.15, -0.1) is 0 Å². The number of amides is 1. The Hall–Kier alpha value is -1.62. The normalized spacial score (nSPS) is 12.3. The zero-order valence-electron chi connectivity index (χ0n) is 12.1. The van der Waals surface area contributed by atoms with Crippen LogP contribution in [-0.2, 0) is 4.79 Å². The molecule has 5 heteroatoms. The van der Waals surface area contributed by atoms with Gasteiger partial charge in [-0.05, 0) is 39.8 Å². The van der Waals surface area contributed by atoms with E-state index in [0.29, 0.717) is 12.2 Å². The van der Waals surface area contributed by atoms with Crippen molar-refractivity contribution in [3.05, 3.63) is 24.0 Å². The van der Waals surface area contributed by atoms with Crippen molar-refractivity contribution in [2.24, 2.45) is 0 Å². The number of hydrogen-bond acceptors (Lipinski definition) is 4. The summed E-state index contributed by atoms with van der Waals surface area (Å²) in [7, 11) is 0. The minimum Gasteiger partial charge on any atom is -0.387 e. The fraction of sp³-hybridized carbons (Fsp3) is 0.571. The highest BCUT2D eigenvalue weighted by atomic mass is 16.3. The number of aromatic nitrogens is 1. The summed E-state index contributed by atoms with van der Waals surface area (Å²) < 4.78 is 0. The van der Waals surface area contributed by atoms with E-state index < -0.39 is 6.10 Å². The first-order valence-electron chi connectivity index (χ1n) is 6.62. The molecule has 1 aromatic rings. The van der Waals surface area contributed by atoms with Crippen LogP contribution in [0.4, 0.5) is 5.69 Å². The van der Waals surface area contributed by atoms with E-state index >= 15 is 0 Å². The molecule has 0 aliphatic rings. The fourth-order valence-electron chi connectivity index (χ4n) is 1.76. The topological polar surface area (TPSA) is 65.5 Å². The molecule has 0 aliphatic heterocycles. The van der Waals surface area contributed by atoms with E-state index in [1.54, 1.807) is 19.2 Å². The van der Waals surface area contributed by atoms with E-state index in [1.807, 2.05) is 31.7 Å². The first-order chi connectivity index (χ1) is 8.93. The minimum atomic E-state index is -0.576. The van der Waals surface area contributed by atoms with E-state index in [-0.39, 0.29) is 11.9 Å². The Labute approximate surface area is 114 Å². The van der Waals surface area contributed by atoms with Crippen LogP contribution in [0.25, 0.3) is 0 Å². The maximum Gasteiger partial charge on any atom is 0.239 e. The van der Waals surface area contributed by atoms with Crippen LogP contribution in [-0.4, -0.2) is 35.1 Å². The quantitative estimate of drug-likeness (QED) is 0.818. The molecule has 0 aromatic carbocycles. The lowest BCUT2D eigenvalue weighted by Gasteiger charge is -2.23. The number of likely N-dealkylation sites (N-methyl/N-ethyl adjacent to an activating group) is 1.